The zero-order chi connectivity index (χ0) is 14.0. The number of nitrogens with one attached hydrogen (secondary N) is 1. The summed E-state index contributed by atoms with van der Waals surface area (Å²) in [5, 5.41) is 13.4. The Bertz CT molecular complexity index is 578. The van der Waals surface area contributed by atoms with E-state index >= 15 is 0 Å². The molecule has 1 aromatic carbocycles. The molecule has 0 saturated heterocycles. The Morgan fingerprint density at radius 3 is 2.63 bits per heavy atom. The van der Waals surface area contributed by atoms with Crippen LogP contribution in [0.5, 0.6) is 0 Å². The number of hydrogen-bond donors (Lipinski definition) is 1. The zero-order valence-corrected chi connectivity index (χ0v) is 9.74. The Labute approximate surface area is 105 Å². The number of aromatic nitrogens is 4. The number of alkyl halides is 3. The van der Waals surface area contributed by atoms with Gasteiger partial charge in [-0.15, -0.1) is 10.2 Å². The fourth-order valence-corrected chi connectivity index (χ4v) is 1.53. The molecule has 0 aliphatic heterocycles. The van der Waals surface area contributed by atoms with Crippen molar-refractivity contribution in [2.24, 2.45) is 7.05 Å². The van der Waals surface area contributed by atoms with E-state index in [0.29, 0.717) is 0 Å². The second-order valence-electron chi connectivity index (χ2n) is 3.71. The number of benzene rings is 1. The molecule has 0 saturated carbocycles. The maximum absolute atomic E-state index is 13.3. The van der Waals surface area contributed by atoms with Crippen LogP contribution in [0.25, 0.3) is 0 Å². The molecule has 0 aliphatic carbocycles. The van der Waals surface area contributed by atoms with Gasteiger partial charge in [-0.25, -0.2) is 4.39 Å². The van der Waals surface area contributed by atoms with E-state index in [1.54, 1.807) is 0 Å². The van der Waals surface area contributed by atoms with Gasteiger partial charge in [-0.05, 0) is 17.3 Å². The van der Waals surface area contributed by atoms with E-state index in [1.807, 2.05) is 0 Å². The van der Waals surface area contributed by atoms with Crippen molar-refractivity contribution in [3.63, 3.8) is 0 Å². The summed E-state index contributed by atoms with van der Waals surface area (Å²) in [5.41, 5.74) is -1.70. The van der Waals surface area contributed by atoms with Crippen molar-refractivity contribution >= 4 is 5.69 Å². The van der Waals surface area contributed by atoms with Crippen LogP contribution < -0.4 is 5.32 Å². The number of aryl methyl sites for hydroxylation is 1. The van der Waals surface area contributed by atoms with Gasteiger partial charge >= 0.3 is 6.18 Å². The van der Waals surface area contributed by atoms with Crippen molar-refractivity contribution in [2.45, 2.75) is 12.7 Å². The first-order valence-electron chi connectivity index (χ1n) is 5.20. The second-order valence-corrected chi connectivity index (χ2v) is 3.71. The molecule has 0 amide bonds. The highest BCUT2D eigenvalue weighted by molar-refractivity contribution is 5.53. The van der Waals surface area contributed by atoms with Gasteiger partial charge in [-0.2, -0.15) is 18.0 Å². The minimum absolute atomic E-state index is 0.0830. The fraction of sp³-hybridized carbons (Fsp3) is 0.300. The summed E-state index contributed by atoms with van der Waals surface area (Å²) in [4.78, 5) is 1.17. The van der Waals surface area contributed by atoms with Gasteiger partial charge in [0.05, 0.1) is 13.6 Å². The molecule has 0 unspecified atom stereocenters. The van der Waals surface area contributed by atoms with E-state index in [4.69, 9.17) is 0 Å². The summed E-state index contributed by atoms with van der Waals surface area (Å²) >= 11 is 0. The lowest BCUT2D eigenvalue weighted by Crippen LogP contribution is -2.13. The molecule has 0 atom stereocenters. The van der Waals surface area contributed by atoms with E-state index in [1.165, 1.54) is 17.9 Å². The number of anilines is 1. The van der Waals surface area contributed by atoms with Crippen molar-refractivity contribution in [3.8, 4) is 0 Å². The molecule has 0 bridgehead atoms. The Morgan fingerprint density at radius 2 is 2.05 bits per heavy atom. The Kier molecular flexibility index (Phi) is 3.36. The van der Waals surface area contributed by atoms with Crippen LogP contribution in [0, 0.1) is 5.82 Å². The maximum Gasteiger partial charge on any atom is 0.421 e. The van der Waals surface area contributed by atoms with Gasteiger partial charge < -0.3 is 5.32 Å². The summed E-state index contributed by atoms with van der Waals surface area (Å²) in [5.74, 6) is -1.12. The number of rotatable bonds is 3. The smallest absolute Gasteiger partial charge is 0.377 e. The molecule has 1 N–H and O–H groups in total. The minimum atomic E-state index is -4.77. The first-order valence-corrected chi connectivity index (χ1v) is 5.20. The lowest BCUT2D eigenvalue weighted by Gasteiger charge is -2.14. The number of tetrazole rings is 1. The molecule has 5 nitrogen and oxygen atoms in total. The van der Waals surface area contributed by atoms with Crippen LogP contribution in [-0.2, 0) is 19.8 Å². The van der Waals surface area contributed by atoms with Crippen molar-refractivity contribution in [1.29, 1.82) is 0 Å². The van der Waals surface area contributed by atoms with Gasteiger partial charge in [0.15, 0.2) is 5.82 Å². The van der Waals surface area contributed by atoms with E-state index in [2.05, 4.69) is 20.7 Å². The predicted molar refractivity (Wildman–Crippen MR) is 57.5 cm³/mol. The van der Waals surface area contributed by atoms with Gasteiger partial charge in [0.2, 0.25) is 0 Å². The fourth-order valence-electron chi connectivity index (χ4n) is 1.53. The van der Waals surface area contributed by atoms with E-state index in [-0.39, 0.29) is 18.1 Å². The first kappa shape index (κ1) is 13.2. The summed E-state index contributed by atoms with van der Waals surface area (Å²) in [6, 6.07) is 3.09. The number of nitrogens with zero attached hydrogens (tertiary/aromatic N) is 4. The van der Waals surface area contributed by atoms with Crippen LogP contribution in [0.15, 0.2) is 18.2 Å². The normalized spacial score (nSPS) is 11.6. The third-order valence-corrected chi connectivity index (χ3v) is 2.28. The van der Waals surface area contributed by atoms with E-state index in [9.17, 15) is 17.6 Å². The van der Waals surface area contributed by atoms with Crippen LogP contribution >= 0.6 is 0 Å². The van der Waals surface area contributed by atoms with Crippen molar-refractivity contribution in [1.82, 2.24) is 20.2 Å². The monoisotopic (exact) mass is 275 g/mol. The average molecular weight is 275 g/mol. The Morgan fingerprint density at radius 1 is 1.32 bits per heavy atom. The molecule has 0 spiro atoms. The summed E-state index contributed by atoms with van der Waals surface area (Å²) < 4.78 is 51.4. The standard InChI is InChI=1S/C10H9F4N5/c1-19-17-8(16-18-19)5-15-7-4-2-3-6(11)9(7)10(12,13)14/h2-4,15H,5H2,1H3. The average Bonchev–Trinajstić information content (AvgIpc) is 2.70. The number of halogens is 4. The van der Waals surface area contributed by atoms with E-state index in [0.717, 1.165) is 12.1 Å². The van der Waals surface area contributed by atoms with Crippen LogP contribution in [-0.4, -0.2) is 20.2 Å². The number of hydrogen-bond acceptors (Lipinski definition) is 4. The van der Waals surface area contributed by atoms with Crippen molar-refractivity contribution < 1.29 is 17.6 Å². The molecule has 19 heavy (non-hydrogen) atoms. The van der Waals surface area contributed by atoms with Gasteiger partial charge in [-0.1, -0.05) is 6.07 Å². The topological polar surface area (TPSA) is 55.6 Å². The Balaban J connectivity index is 2.23. The highest BCUT2D eigenvalue weighted by Gasteiger charge is 2.36. The summed E-state index contributed by atoms with van der Waals surface area (Å²) in [6.45, 7) is -0.0830. The third-order valence-electron chi connectivity index (χ3n) is 2.28. The highest BCUT2D eigenvalue weighted by atomic mass is 19.4. The molecule has 2 aromatic rings. The molecule has 1 heterocycles. The highest BCUT2D eigenvalue weighted by Crippen LogP contribution is 2.36. The molecule has 1 aromatic heterocycles. The Hall–Kier alpha value is -2.19. The predicted octanol–water partition coefficient (Wildman–Crippen LogP) is 1.98. The van der Waals surface area contributed by atoms with Crippen molar-refractivity contribution in [2.75, 3.05) is 5.32 Å². The van der Waals surface area contributed by atoms with Crippen molar-refractivity contribution in [3.05, 3.63) is 35.4 Å². The second kappa shape index (κ2) is 4.82. The largest absolute Gasteiger partial charge is 0.421 e. The molecular formula is C10H9F4N5. The lowest BCUT2D eigenvalue weighted by atomic mass is 10.1. The lowest BCUT2D eigenvalue weighted by molar-refractivity contribution is -0.139. The van der Waals surface area contributed by atoms with Crippen LogP contribution in [0.4, 0.5) is 23.2 Å². The van der Waals surface area contributed by atoms with Crippen LogP contribution in [0.3, 0.4) is 0 Å². The van der Waals surface area contributed by atoms with Gasteiger partial charge in [0.25, 0.3) is 0 Å². The van der Waals surface area contributed by atoms with Gasteiger partial charge in [0.1, 0.15) is 11.4 Å². The molecule has 9 heteroatoms. The SMILES string of the molecule is Cn1nnc(CNc2cccc(F)c2C(F)(F)F)n1. The minimum Gasteiger partial charge on any atom is -0.377 e. The van der Waals surface area contributed by atoms with Crippen LogP contribution in [0.1, 0.15) is 11.4 Å². The van der Waals surface area contributed by atoms with Crippen LogP contribution in [0.2, 0.25) is 0 Å². The quantitative estimate of drug-likeness (QED) is 0.870. The van der Waals surface area contributed by atoms with E-state index < -0.39 is 17.6 Å². The third kappa shape index (κ3) is 2.98. The van der Waals surface area contributed by atoms with Gasteiger partial charge in [0, 0.05) is 5.69 Å². The van der Waals surface area contributed by atoms with Gasteiger partial charge in [-0.3, -0.25) is 0 Å². The maximum atomic E-state index is 13.3. The summed E-state index contributed by atoms with van der Waals surface area (Å²) in [7, 11) is 1.53. The molecule has 102 valence electrons. The molecular weight excluding hydrogens is 266 g/mol. The first-order chi connectivity index (χ1) is 8.88. The summed E-state index contributed by atoms with van der Waals surface area (Å²) in [6.07, 6.45) is -4.77. The zero-order valence-electron chi connectivity index (χ0n) is 9.74. The molecule has 2 rings (SSSR count). The molecule has 0 aliphatic rings. The molecule has 0 radical (unpaired) electrons. The molecule has 0 fully saturated rings.